The van der Waals surface area contributed by atoms with Crippen LogP contribution in [-0.2, 0) is 4.74 Å². The summed E-state index contributed by atoms with van der Waals surface area (Å²) in [6, 6.07) is 0.231. The van der Waals surface area contributed by atoms with Gasteiger partial charge in [0.15, 0.2) is 0 Å². The van der Waals surface area contributed by atoms with Gasteiger partial charge in [0.25, 0.3) is 0 Å². The van der Waals surface area contributed by atoms with Crippen LogP contribution in [0, 0.1) is 11.3 Å². The maximum Gasteiger partial charge on any atom is 0.0789 e. The van der Waals surface area contributed by atoms with Gasteiger partial charge in [0.1, 0.15) is 0 Å². The van der Waals surface area contributed by atoms with Crippen LogP contribution in [0.3, 0.4) is 0 Å². The summed E-state index contributed by atoms with van der Waals surface area (Å²) >= 11 is 0. The first-order chi connectivity index (χ1) is 7.36. The summed E-state index contributed by atoms with van der Waals surface area (Å²) < 4.78 is 5.86. The van der Waals surface area contributed by atoms with Crippen LogP contribution in [0.15, 0.2) is 0 Å². The van der Waals surface area contributed by atoms with Gasteiger partial charge in [-0.2, -0.15) is 0 Å². The van der Waals surface area contributed by atoms with Gasteiger partial charge >= 0.3 is 0 Å². The Morgan fingerprint density at radius 2 is 1.81 bits per heavy atom. The standard InChI is InChI=1S/C13H30N2O/c1-7-10(3)9-11(15-14)12(16-8-2)13(4,5)6/h10-12,15H,7-9,14H2,1-6H3. The van der Waals surface area contributed by atoms with Crippen LogP contribution in [0.1, 0.15) is 54.4 Å². The van der Waals surface area contributed by atoms with Gasteiger partial charge in [-0.15, -0.1) is 0 Å². The van der Waals surface area contributed by atoms with Gasteiger partial charge in [-0.05, 0) is 24.7 Å². The van der Waals surface area contributed by atoms with E-state index in [-0.39, 0.29) is 17.6 Å². The van der Waals surface area contributed by atoms with E-state index in [1.807, 2.05) is 6.92 Å². The van der Waals surface area contributed by atoms with Gasteiger partial charge < -0.3 is 4.74 Å². The second kappa shape index (κ2) is 7.25. The first-order valence-corrected chi connectivity index (χ1v) is 6.44. The highest BCUT2D eigenvalue weighted by Gasteiger charge is 2.32. The molecule has 0 aromatic heterocycles. The molecule has 0 amide bonds. The van der Waals surface area contributed by atoms with Crippen LogP contribution in [0.25, 0.3) is 0 Å². The molecule has 16 heavy (non-hydrogen) atoms. The summed E-state index contributed by atoms with van der Waals surface area (Å²) in [4.78, 5) is 0. The van der Waals surface area contributed by atoms with Gasteiger partial charge in [-0.25, -0.2) is 0 Å². The van der Waals surface area contributed by atoms with Crippen molar-refractivity contribution in [1.82, 2.24) is 5.43 Å². The first-order valence-electron chi connectivity index (χ1n) is 6.44. The fourth-order valence-corrected chi connectivity index (χ4v) is 2.03. The Kier molecular flexibility index (Phi) is 7.20. The lowest BCUT2D eigenvalue weighted by molar-refractivity contribution is -0.0402. The quantitative estimate of drug-likeness (QED) is 0.522. The monoisotopic (exact) mass is 230 g/mol. The van der Waals surface area contributed by atoms with Crippen LogP contribution < -0.4 is 11.3 Å². The Labute approximate surface area is 101 Å². The molecule has 3 unspecified atom stereocenters. The lowest BCUT2D eigenvalue weighted by Crippen LogP contribution is -2.51. The Hall–Kier alpha value is -0.120. The summed E-state index contributed by atoms with van der Waals surface area (Å²) in [5.74, 6) is 6.35. The predicted molar refractivity (Wildman–Crippen MR) is 70.1 cm³/mol. The topological polar surface area (TPSA) is 47.3 Å². The molecule has 0 aliphatic carbocycles. The Morgan fingerprint density at radius 1 is 1.25 bits per heavy atom. The minimum Gasteiger partial charge on any atom is -0.376 e. The summed E-state index contributed by atoms with van der Waals surface area (Å²) in [6.45, 7) is 13.9. The Bertz CT molecular complexity index is 177. The van der Waals surface area contributed by atoms with Gasteiger partial charge in [0.2, 0.25) is 0 Å². The molecule has 3 N–H and O–H groups in total. The minimum absolute atomic E-state index is 0.112. The van der Waals surface area contributed by atoms with Crippen molar-refractivity contribution in [3.8, 4) is 0 Å². The van der Waals surface area contributed by atoms with E-state index in [2.05, 4.69) is 40.0 Å². The number of rotatable bonds is 7. The fraction of sp³-hybridized carbons (Fsp3) is 1.00. The average molecular weight is 230 g/mol. The lowest BCUT2D eigenvalue weighted by Gasteiger charge is -2.37. The molecule has 3 nitrogen and oxygen atoms in total. The summed E-state index contributed by atoms with van der Waals surface area (Å²) in [5.41, 5.74) is 3.05. The molecule has 0 radical (unpaired) electrons. The molecule has 0 aromatic rings. The number of hydrogen-bond donors (Lipinski definition) is 2. The minimum atomic E-state index is 0.112. The average Bonchev–Trinajstić information content (AvgIpc) is 2.21. The third kappa shape index (κ3) is 5.28. The molecule has 0 aromatic carbocycles. The van der Waals surface area contributed by atoms with Crippen LogP contribution in [0.2, 0.25) is 0 Å². The number of hydrogen-bond acceptors (Lipinski definition) is 3. The van der Waals surface area contributed by atoms with Crippen molar-refractivity contribution < 1.29 is 4.74 Å². The molecular formula is C13H30N2O. The zero-order valence-corrected chi connectivity index (χ0v) is 11.8. The van der Waals surface area contributed by atoms with E-state index in [1.54, 1.807) is 0 Å². The van der Waals surface area contributed by atoms with Crippen molar-refractivity contribution in [2.24, 2.45) is 17.2 Å². The molecule has 0 spiro atoms. The third-order valence-electron chi connectivity index (χ3n) is 3.13. The van der Waals surface area contributed by atoms with E-state index in [0.29, 0.717) is 5.92 Å². The molecule has 0 saturated carbocycles. The van der Waals surface area contributed by atoms with E-state index in [9.17, 15) is 0 Å². The van der Waals surface area contributed by atoms with Crippen molar-refractivity contribution in [2.75, 3.05) is 6.61 Å². The molecule has 0 aliphatic heterocycles. The highest BCUT2D eigenvalue weighted by Crippen LogP contribution is 2.28. The number of nitrogens with two attached hydrogens (primary N) is 1. The lowest BCUT2D eigenvalue weighted by atomic mass is 9.81. The van der Waals surface area contributed by atoms with Crippen LogP contribution in [-0.4, -0.2) is 18.8 Å². The molecule has 0 fully saturated rings. The zero-order chi connectivity index (χ0) is 12.8. The van der Waals surface area contributed by atoms with Crippen molar-refractivity contribution in [2.45, 2.75) is 66.5 Å². The maximum absolute atomic E-state index is 5.86. The van der Waals surface area contributed by atoms with Crippen LogP contribution in [0.4, 0.5) is 0 Å². The van der Waals surface area contributed by atoms with Gasteiger partial charge in [-0.1, -0.05) is 41.0 Å². The fourth-order valence-electron chi connectivity index (χ4n) is 2.03. The third-order valence-corrected chi connectivity index (χ3v) is 3.13. The van der Waals surface area contributed by atoms with Crippen molar-refractivity contribution in [3.63, 3.8) is 0 Å². The Morgan fingerprint density at radius 3 is 2.12 bits per heavy atom. The molecular weight excluding hydrogens is 200 g/mol. The smallest absolute Gasteiger partial charge is 0.0789 e. The van der Waals surface area contributed by atoms with Crippen LogP contribution >= 0.6 is 0 Å². The first kappa shape index (κ1) is 15.9. The van der Waals surface area contributed by atoms with E-state index >= 15 is 0 Å². The Balaban J connectivity index is 4.58. The highest BCUT2D eigenvalue weighted by atomic mass is 16.5. The zero-order valence-electron chi connectivity index (χ0n) is 11.8. The van der Waals surface area contributed by atoms with Crippen molar-refractivity contribution >= 4 is 0 Å². The van der Waals surface area contributed by atoms with E-state index in [1.165, 1.54) is 6.42 Å². The van der Waals surface area contributed by atoms with Gasteiger partial charge in [-0.3, -0.25) is 11.3 Å². The van der Waals surface area contributed by atoms with Gasteiger partial charge in [0, 0.05) is 12.6 Å². The normalized spacial score (nSPS) is 18.2. The summed E-state index contributed by atoms with van der Waals surface area (Å²) in [5, 5.41) is 0. The maximum atomic E-state index is 5.86. The number of ether oxygens (including phenoxy) is 1. The second-order valence-electron chi connectivity index (χ2n) is 5.76. The molecule has 0 heterocycles. The molecule has 98 valence electrons. The molecule has 3 heteroatoms. The molecule has 0 rings (SSSR count). The van der Waals surface area contributed by atoms with E-state index in [0.717, 1.165) is 13.0 Å². The summed E-state index contributed by atoms with van der Waals surface area (Å²) in [7, 11) is 0. The molecule has 0 saturated heterocycles. The van der Waals surface area contributed by atoms with Crippen molar-refractivity contribution in [3.05, 3.63) is 0 Å². The molecule has 0 bridgehead atoms. The molecule has 3 atom stereocenters. The number of nitrogens with one attached hydrogen (secondary N) is 1. The van der Waals surface area contributed by atoms with Gasteiger partial charge in [0.05, 0.1) is 6.10 Å². The second-order valence-corrected chi connectivity index (χ2v) is 5.76. The highest BCUT2D eigenvalue weighted by molar-refractivity contribution is 4.86. The SMILES string of the molecule is CCOC(C(CC(C)CC)NN)C(C)(C)C. The largest absolute Gasteiger partial charge is 0.376 e. The van der Waals surface area contributed by atoms with E-state index in [4.69, 9.17) is 10.6 Å². The summed E-state index contributed by atoms with van der Waals surface area (Å²) in [6.07, 6.45) is 2.41. The predicted octanol–water partition coefficient (Wildman–Crippen LogP) is 2.71. The number of hydrazine groups is 1. The van der Waals surface area contributed by atoms with Crippen molar-refractivity contribution in [1.29, 1.82) is 0 Å². The van der Waals surface area contributed by atoms with Crippen LogP contribution in [0.5, 0.6) is 0 Å². The van der Waals surface area contributed by atoms with E-state index < -0.39 is 0 Å². The molecule has 0 aliphatic rings.